The fourth-order valence-corrected chi connectivity index (χ4v) is 10.6. The van der Waals surface area contributed by atoms with Crippen LogP contribution in [0.1, 0.15) is 22.3 Å². The van der Waals surface area contributed by atoms with Gasteiger partial charge in [-0.2, -0.15) is 0 Å². The molecule has 1 unspecified atom stereocenters. The quantitative estimate of drug-likeness (QED) is 0.173. The highest BCUT2D eigenvalue weighted by atomic mass is 16.3. The normalized spacial score (nSPS) is 14.6. The molecule has 0 saturated carbocycles. The van der Waals surface area contributed by atoms with Crippen molar-refractivity contribution in [3.63, 3.8) is 0 Å². The molecule has 61 heavy (non-hydrogen) atoms. The number of hydrogen-bond acceptors (Lipinski definition) is 2. The summed E-state index contributed by atoms with van der Waals surface area (Å²) in [6.07, 6.45) is 0. The van der Waals surface area contributed by atoms with Gasteiger partial charge in [0.2, 0.25) is 0 Å². The van der Waals surface area contributed by atoms with Crippen LogP contribution in [0.2, 0.25) is 0 Å². The molecule has 0 aliphatic heterocycles. The lowest BCUT2D eigenvalue weighted by Crippen LogP contribution is -2.25. The lowest BCUT2D eigenvalue weighted by Gasteiger charge is -2.30. The molecule has 0 fully saturated rings. The van der Waals surface area contributed by atoms with Crippen molar-refractivity contribution in [2.75, 3.05) is 4.90 Å². The van der Waals surface area contributed by atoms with E-state index in [1.165, 1.54) is 77.5 Å². The Morgan fingerprint density at radius 1 is 0.311 bits per heavy atom. The van der Waals surface area contributed by atoms with E-state index in [9.17, 15) is 0 Å². The monoisotopic (exact) mass is 775 g/mol. The zero-order valence-electron chi connectivity index (χ0n) is 33.2. The van der Waals surface area contributed by atoms with Crippen LogP contribution < -0.4 is 4.90 Å². The topological polar surface area (TPSA) is 16.4 Å². The molecular formula is C59H37NO. The Kier molecular flexibility index (Phi) is 7.26. The standard InChI is InChI=1S/C59H37NO/c1-2-12-38(13-3-1)39-22-28-43(29-23-39)60(45-32-33-49-48-17-8-11-21-56(48)61-57(49)37-45)44-30-24-40(25-31-44)42-27-34-54-51(36-42)47-16-6-9-19-52(47)59(54)53-20-10-7-18-50(53)58-46-15-5-4-14-41(46)26-35-55(58)59/h1-37H. The molecule has 0 N–H and O–H groups in total. The van der Waals surface area contributed by atoms with Crippen molar-refractivity contribution >= 4 is 49.8 Å². The predicted molar refractivity (Wildman–Crippen MR) is 253 cm³/mol. The Hall–Kier alpha value is -7.94. The zero-order valence-corrected chi connectivity index (χ0v) is 33.2. The second-order valence-electron chi connectivity index (χ2n) is 16.4. The van der Waals surface area contributed by atoms with E-state index in [0.717, 1.165) is 39.0 Å². The van der Waals surface area contributed by atoms with E-state index in [-0.39, 0.29) is 5.41 Å². The Morgan fingerprint density at radius 3 is 1.64 bits per heavy atom. The maximum absolute atomic E-state index is 6.40. The van der Waals surface area contributed by atoms with Crippen LogP contribution in [0.4, 0.5) is 17.1 Å². The molecule has 1 aromatic heterocycles. The Morgan fingerprint density at radius 2 is 0.852 bits per heavy atom. The van der Waals surface area contributed by atoms with Crippen molar-refractivity contribution in [2.24, 2.45) is 0 Å². The molecule has 0 amide bonds. The molecule has 1 atom stereocenters. The number of hydrogen-bond donors (Lipinski definition) is 0. The molecule has 2 heteroatoms. The van der Waals surface area contributed by atoms with Gasteiger partial charge in [-0.1, -0.05) is 170 Å². The Bertz CT molecular complexity index is 3520. The largest absolute Gasteiger partial charge is 0.456 e. The lowest BCUT2D eigenvalue weighted by molar-refractivity contribution is 0.669. The van der Waals surface area contributed by atoms with Crippen molar-refractivity contribution in [3.8, 4) is 44.5 Å². The van der Waals surface area contributed by atoms with E-state index in [1.807, 2.05) is 12.1 Å². The number of nitrogens with zero attached hydrogens (tertiary/aromatic N) is 1. The Balaban J connectivity index is 0.931. The van der Waals surface area contributed by atoms with Crippen LogP contribution in [0.15, 0.2) is 229 Å². The first-order valence-corrected chi connectivity index (χ1v) is 21.1. The van der Waals surface area contributed by atoms with Crippen LogP contribution in [-0.2, 0) is 5.41 Å². The van der Waals surface area contributed by atoms with Gasteiger partial charge in [-0.05, 0) is 126 Å². The summed E-state index contributed by atoms with van der Waals surface area (Å²) in [5, 5.41) is 4.83. The third kappa shape index (κ3) is 4.91. The number of para-hydroxylation sites is 1. The third-order valence-electron chi connectivity index (χ3n) is 13.3. The third-order valence-corrected chi connectivity index (χ3v) is 13.3. The summed E-state index contributed by atoms with van der Waals surface area (Å²) in [5.74, 6) is 0. The summed E-state index contributed by atoms with van der Waals surface area (Å²) in [6.45, 7) is 0. The predicted octanol–water partition coefficient (Wildman–Crippen LogP) is 15.9. The van der Waals surface area contributed by atoms with Crippen LogP contribution >= 0.6 is 0 Å². The molecule has 0 saturated heterocycles. The summed E-state index contributed by atoms with van der Waals surface area (Å²) >= 11 is 0. The SMILES string of the molecule is c1ccc(-c2ccc(N(c3ccc(-c4ccc5c(c4)-c4ccccc4C54c5ccccc5-c5c4ccc4ccccc54)cc3)c3ccc4c(c3)oc3ccccc34)cc2)cc1. The van der Waals surface area contributed by atoms with Gasteiger partial charge in [0.25, 0.3) is 0 Å². The van der Waals surface area contributed by atoms with Crippen LogP contribution in [0.25, 0.3) is 77.2 Å². The van der Waals surface area contributed by atoms with E-state index in [0.29, 0.717) is 0 Å². The van der Waals surface area contributed by atoms with Gasteiger partial charge in [0.1, 0.15) is 11.2 Å². The summed E-state index contributed by atoms with van der Waals surface area (Å²) in [5.41, 5.74) is 20.1. The summed E-state index contributed by atoms with van der Waals surface area (Å²) in [7, 11) is 0. The molecule has 2 aliphatic rings. The van der Waals surface area contributed by atoms with Gasteiger partial charge in [0.05, 0.1) is 5.41 Å². The number of anilines is 3. The van der Waals surface area contributed by atoms with E-state index < -0.39 is 0 Å². The molecule has 1 spiro atoms. The minimum Gasteiger partial charge on any atom is -0.456 e. The van der Waals surface area contributed by atoms with E-state index in [1.54, 1.807) is 0 Å². The van der Waals surface area contributed by atoms with Gasteiger partial charge in [0.15, 0.2) is 0 Å². The summed E-state index contributed by atoms with van der Waals surface area (Å²) < 4.78 is 6.40. The van der Waals surface area contributed by atoms with Crippen LogP contribution in [0.3, 0.4) is 0 Å². The highest BCUT2D eigenvalue weighted by Gasteiger charge is 2.51. The van der Waals surface area contributed by atoms with Crippen molar-refractivity contribution in [1.82, 2.24) is 0 Å². The fraction of sp³-hybridized carbons (Fsp3) is 0.0169. The molecule has 10 aromatic carbocycles. The molecule has 0 radical (unpaired) electrons. The van der Waals surface area contributed by atoms with Crippen molar-refractivity contribution in [1.29, 1.82) is 0 Å². The summed E-state index contributed by atoms with van der Waals surface area (Å²) in [6, 6.07) is 82.1. The van der Waals surface area contributed by atoms with Gasteiger partial charge >= 0.3 is 0 Å². The minimum absolute atomic E-state index is 0.387. The Labute approximate surface area is 354 Å². The van der Waals surface area contributed by atoms with Crippen molar-refractivity contribution < 1.29 is 4.42 Å². The maximum Gasteiger partial charge on any atom is 0.137 e. The molecule has 2 aliphatic carbocycles. The molecular weight excluding hydrogens is 739 g/mol. The van der Waals surface area contributed by atoms with Crippen molar-refractivity contribution in [3.05, 3.63) is 247 Å². The van der Waals surface area contributed by atoms with Crippen LogP contribution in [0, 0.1) is 0 Å². The fourth-order valence-electron chi connectivity index (χ4n) is 10.6. The minimum atomic E-state index is -0.387. The maximum atomic E-state index is 6.40. The lowest BCUT2D eigenvalue weighted by atomic mass is 9.70. The summed E-state index contributed by atoms with van der Waals surface area (Å²) in [4.78, 5) is 2.33. The second-order valence-corrected chi connectivity index (χ2v) is 16.4. The van der Waals surface area contributed by atoms with Gasteiger partial charge in [0, 0.05) is 33.9 Å². The molecule has 1 heterocycles. The highest BCUT2D eigenvalue weighted by Crippen LogP contribution is 2.64. The van der Waals surface area contributed by atoms with Gasteiger partial charge in [-0.3, -0.25) is 0 Å². The smallest absolute Gasteiger partial charge is 0.137 e. The average Bonchev–Trinajstić information content (AvgIpc) is 3.96. The zero-order chi connectivity index (χ0) is 40.1. The first-order chi connectivity index (χ1) is 30.2. The second kappa shape index (κ2) is 13.0. The molecule has 2 nitrogen and oxygen atoms in total. The highest BCUT2D eigenvalue weighted by molar-refractivity contribution is 6.07. The van der Waals surface area contributed by atoms with Gasteiger partial charge in [-0.15, -0.1) is 0 Å². The number of benzene rings is 10. The number of furan rings is 1. The first-order valence-electron chi connectivity index (χ1n) is 21.1. The molecule has 13 rings (SSSR count). The van der Waals surface area contributed by atoms with Gasteiger partial charge < -0.3 is 9.32 Å². The van der Waals surface area contributed by atoms with Crippen LogP contribution in [-0.4, -0.2) is 0 Å². The van der Waals surface area contributed by atoms with Crippen LogP contribution in [0.5, 0.6) is 0 Å². The van der Waals surface area contributed by atoms with Gasteiger partial charge in [-0.25, -0.2) is 0 Å². The van der Waals surface area contributed by atoms with E-state index in [2.05, 4.69) is 217 Å². The average molecular weight is 776 g/mol. The molecule has 0 bridgehead atoms. The molecule has 11 aromatic rings. The van der Waals surface area contributed by atoms with E-state index in [4.69, 9.17) is 4.42 Å². The number of rotatable bonds is 5. The number of fused-ring (bicyclic) bond motifs is 15. The van der Waals surface area contributed by atoms with E-state index >= 15 is 0 Å². The van der Waals surface area contributed by atoms with Crippen molar-refractivity contribution in [2.45, 2.75) is 5.41 Å². The molecule has 284 valence electrons. The first kappa shape index (κ1) is 34.0.